The first-order valence-corrected chi connectivity index (χ1v) is 7.12. The molecule has 0 atom stereocenters. The van der Waals surface area contributed by atoms with Gasteiger partial charge in [-0.25, -0.2) is 9.78 Å². The van der Waals surface area contributed by atoms with Crippen molar-refractivity contribution >= 4 is 33.7 Å². The van der Waals surface area contributed by atoms with Crippen LogP contribution in [0.5, 0.6) is 0 Å². The van der Waals surface area contributed by atoms with E-state index in [2.05, 4.69) is 20.9 Å². The molecule has 0 bridgehead atoms. The predicted octanol–water partition coefficient (Wildman–Crippen LogP) is 4.71. The van der Waals surface area contributed by atoms with Gasteiger partial charge in [0.2, 0.25) is 0 Å². The van der Waals surface area contributed by atoms with Gasteiger partial charge < -0.3 is 5.11 Å². The fourth-order valence-corrected chi connectivity index (χ4v) is 3.04. The van der Waals surface area contributed by atoms with E-state index in [0.717, 1.165) is 17.8 Å². The van der Waals surface area contributed by atoms with Gasteiger partial charge in [-0.1, -0.05) is 27.7 Å². The van der Waals surface area contributed by atoms with Gasteiger partial charge in [-0.3, -0.25) is 0 Å². The number of carboxylic acid groups (broad SMARTS) is 1. The molecule has 8 heteroatoms. The normalized spacial score (nSPS) is 11.4. The lowest BCUT2D eigenvalue weighted by Crippen LogP contribution is -2.06. The van der Waals surface area contributed by atoms with Crippen LogP contribution in [0, 0.1) is 0 Å². The van der Waals surface area contributed by atoms with E-state index in [1.807, 2.05) is 0 Å². The zero-order chi connectivity index (χ0) is 15.6. The fraction of sp³-hybridized carbons (Fsp3) is 0.0769. The quantitative estimate of drug-likeness (QED) is 0.841. The molecule has 0 amide bonds. The molecule has 3 nitrogen and oxygen atoms in total. The summed E-state index contributed by atoms with van der Waals surface area (Å²) in [6, 6.07) is 6.09. The van der Waals surface area contributed by atoms with Crippen molar-refractivity contribution in [1.29, 1.82) is 0 Å². The van der Waals surface area contributed by atoms with E-state index in [9.17, 15) is 18.0 Å². The Hall–Kier alpha value is -1.54. The minimum Gasteiger partial charge on any atom is -0.478 e. The number of pyridine rings is 1. The number of rotatable bonds is 3. The van der Waals surface area contributed by atoms with Crippen molar-refractivity contribution < 1.29 is 23.1 Å². The number of halogens is 4. The molecule has 110 valence electrons. The highest BCUT2D eigenvalue weighted by molar-refractivity contribution is 9.10. The van der Waals surface area contributed by atoms with Gasteiger partial charge in [-0.2, -0.15) is 13.2 Å². The molecule has 0 spiro atoms. The maximum atomic E-state index is 12.9. The van der Waals surface area contributed by atoms with Crippen LogP contribution in [0.4, 0.5) is 13.2 Å². The molecule has 2 aromatic rings. The molecular formula is C13H7BrF3NO2S. The third kappa shape index (κ3) is 3.98. The molecule has 2 rings (SSSR count). The molecule has 0 saturated heterocycles. The average Bonchev–Trinajstić information content (AvgIpc) is 2.37. The highest BCUT2D eigenvalue weighted by Gasteiger charge is 2.33. The fourth-order valence-electron chi connectivity index (χ4n) is 1.53. The first kappa shape index (κ1) is 15.8. The van der Waals surface area contributed by atoms with Crippen LogP contribution in [0.25, 0.3) is 0 Å². The van der Waals surface area contributed by atoms with Crippen molar-refractivity contribution in [1.82, 2.24) is 4.98 Å². The van der Waals surface area contributed by atoms with E-state index in [-0.39, 0.29) is 15.5 Å². The topological polar surface area (TPSA) is 50.2 Å². The molecule has 1 aromatic carbocycles. The van der Waals surface area contributed by atoms with E-state index in [4.69, 9.17) is 5.11 Å². The number of aromatic nitrogens is 1. The van der Waals surface area contributed by atoms with Gasteiger partial charge in [-0.15, -0.1) is 0 Å². The minimum absolute atomic E-state index is 0.0314. The Morgan fingerprint density at radius 2 is 1.95 bits per heavy atom. The van der Waals surface area contributed by atoms with Crippen molar-refractivity contribution in [3.05, 3.63) is 52.1 Å². The largest absolute Gasteiger partial charge is 0.478 e. The molecule has 0 unspecified atom stereocenters. The summed E-state index contributed by atoms with van der Waals surface area (Å²) in [7, 11) is 0. The Morgan fingerprint density at radius 1 is 1.24 bits per heavy atom. The highest BCUT2D eigenvalue weighted by Crippen LogP contribution is 2.40. The van der Waals surface area contributed by atoms with Crippen molar-refractivity contribution in [3.63, 3.8) is 0 Å². The maximum absolute atomic E-state index is 12.9. The highest BCUT2D eigenvalue weighted by atomic mass is 79.9. The molecule has 0 saturated carbocycles. The lowest BCUT2D eigenvalue weighted by atomic mass is 10.2. The van der Waals surface area contributed by atoms with E-state index >= 15 is 0 Å². The molecule has 0 fully saturated rings. The molecule has 0 aliphatic carbocycles. The van der Waals surface area contributed by atoms with Crippen LogP contribution in [0.15, 0.2) is 50.9 Å². The summed E-state index contributed by atoms with van der Waals surface area (Å²) in [4.78, 5) is 14.7. The van der Waals surface area contributed by atoms with Crippen molar-refractivity contribution in [2.75, 3.05) is 0 Å². The zero-order valence-electron chi connectivity index (χ0n) is 10.2. The third-order valence-electron chi connectivity index (χ3n) is 2.45. The second-order valence-corrected chi connectivity index (χ2v) is 5.91. The van der Waals surface area contributed by atoms with Crippen molar-refractivity contribution in [3.8, 4) is 0 Å². The summed E-state index contributed by atoms with van der Waals surface area (Å²) in [5, 5.41) is 9.06. The number of carboxylic acids is 1. The Morgan fingerprint density at radius 3 is 2.57 bits per heavy atom. The van der Waals surface area contributed by atoms with Crippen LogP contribution in [0.2, 0.25) is 0 Å². The lowest BCUT2D eigenvalue weighted by molar-refractivity contribution is -0.139. The first-order valence-electron chi connectivity index (χ1n) is 5.51. The van der Waals surface area contributed by atoms with Crippen LogP contribution in [-0.2, 0) is 6.18 Å². The van der Waals surface area contributed by atoms with E-state index in [0.29, 0.717) is 4.47 Å². The second kappa shape index (κ2) is 6.07. The Labute approximate surface area is 130 Å². The Balaban J connectivity index is 2.41. The molecule has 0 aliphatic rings. The summed E-state index contributed by atoms with van der Waals surface area (Å²) in [6.07, 6.45) is -3.25. The van der Waals surface area contributed by atoms with Gasteiger partial charge in [0.1, 0.15) is 5.03 Å². The number of benzene rings is 1. The number of hydrogen-bond donors (Lipinski definition) is 1. The first-order chi connectivity index (χ1) is 9.77. The van der Waals surface area contributed by atoms with Crippen molar-refractivity contribution in [2.24, 2.45) is 0 Å². The zero-order valence-corrected chi connectivity index (χ0v) is 12.6. The Kier molecular flexibility index (Phi) is 4.58. The average molecular weight is 378 g/mol. The van der Waals surface area contributed by atoms with Crippen LogP contribution in [-0.4, -0.2) is 16.1 Å². The molecule has 21 heavy (non-hydrogen) atoms. The van der Waals surface area contributed by atoms with Gasteiger partial charge in [-0.05, 0) is 30.3 Å². The molecule has 0 aliphatic heterocycles. The summed E-state index contributed by atoms with van der Waals surface area (Å²) >= 11 is 3.88. The SMILES string of the molecule is O=C(O)c1ccnc(Sc2cc(Br)ccc2C(F)(F)F)c1. The van der Waals surface area contributed by atoms with E-state index in [1.54, 1.807) is 0 Å². The third-order valence-corrected chi connectivity index (χ3v) is 3.93. The van der Waals surface area contributed by atoms with Crippen LogP contribution in [0.3, 0.4) is 0 Å². The molecule has 1 aromatic heterocycles. The van der Waals surface area contributed by atoms with Crippen LogP contribution >= 0.6 is 27.7 Å². The maximum Gasteiger partial charge on any atom is 0.417 e. The van der Waals surface area contributed by atoms with Gasteiger partial charge >= 0.3 is 12.1 Å². The molecule has 1 N–H and O–H groups in total. The van der Waals surface area contributed by atoms with E-state index in [1.165, 1.54) is 30.5 Å². The van der Waals surface area contributed by atoms with E-state index < -0.39 is 17.7 Å². The van der Waals surface area contributed by atoms with Crippen molar-refractivity contribution in [2.45, 2.75) is 16.1 Å². The molecule has 0 radical (unpaired) electrons. The van der Waals surface area contributed by atoms with Gasteiger partial charge in [0, 0.05) is 15.6 Å². The van der Waals surface area contributed by atoms with Gasteiger partial charge in [0.15, 0.2) is 0 Å². The molecule has 1 heterocycles. The standard InChI is InChI=1S/C13H7BrF3NO2S/c14-8-1-2-9(13(15,16)17)10(6-8)21-11-5-7(12(19)20)3-4-18-11/h1-6H,(H,19,20). The summed E-state index contributed by atoms with van der Waals surface area (Å²) in [6.45, 7) is 0. The number of alkyl halides is 3. The van der Waals surface area contributed by atoms with Crippen LogP contribution in [0.1, 0.15) is 15.9 Å². The monoisotopic (exact) mass is 377 g/mol. The van der Waals surface area contributed by atoms with Crippen LogP contribution < -0.4 is 0 Å². The number of carbonyl (C=O) groups is 1. The minimum atomic E-state index is -4.49. The summed E-state index contributed by atoms with van der Waals surface area (Å²) < 4.78 is 39.3. The van der Waals surface area contributed by atoms with Gasteiger partial charge in [0.25, 0.3) is 0 Å². The molecular weight excluding hydrogens is 371 g/mol. The van der Waals surface area contributed by atoms with Gasteiger partial charge in [0.05, 0.1) is 11.1 Å². The summed E-state index contributed by atoms with van der Waals surface area (Å²) in [5.74, 6) is -1.16. The lowest BCUT2D eigenvalue weighted by Gasteiger charge is -2.12. The predicted molar refractivity (Wildman–Crippen MR) is 74.5 cm³/mol. The number of hydrogen-bond acceptors (Lipinski definition) is 3. The Bertz CT molecular complexity index is 691. The number of aromatic carboxylic acids is 1. The second-order valence-electron chi connectivity index (χ2n) is 3.93. The number of nitrogens with zero attached hydrogens (tertiary/aromatic N) is 1. The summed E-state index contributed by atoms with van der Waals surface area (Å²) in [5.41, 5.74) is -0.825. The smallest absolute Gasteiger partial charge is 0.417 e.